The minimum absolute atomic E-state index is 0.235. The Morgan fingerprint density at radius 1 is 1.23 bits per heavy atom. The van der Waals surface area contributed by atoms with Crippen LogP contribution in [0.15, 0.2) is 57.7 Å². The number of para-hydroxylation sites is 1. The van der Waals surface area contributed by atoms with Crippen LogP contribution in [0.5, 0.6) is 5.75 Å². The summed E-state index contributed by atoms with van der Waals surface area (Å²) in [6.07, 6.45) is 0. The number of carbonyl (C=O) groups is 1. The van der Waals surface area contributed by atoms with Crippen LogP contribution in [0.25, 0.3) is 21.2 Å². The van der Waals surface area contributed by atoms with Gasteiger partial charge >= 0.3 is 5.63 Å². The zero-order valence-corrected chi connectivity index (χ0v) is 14.6. The average Bonchev–Trinajstić information content (AvgIpc) is 3.03. The molecule has 0 fully saturated rings. The third kappa shape index (κ3) is 3.04. The van der Waals surface area contributed by atoms with Gasteiger partial charge < -0.3 is 9.15 Å². The molecular weight excluding hydrogens is 352 g/mol. The van der Waals surface area contributed by atoms with Crippen molar-refractivity contribution in [3.8, 4) is 5.75 Å². The summed E-state index contributed by atoms with van der Waals surface area (Å²) in [7, 11) is 0. The summed E-state index contributed by atoms with van der Waals surface area (Å²) >= 11 is 1.37. The Morgan fingerprint density at radius 2 is 2.08 bits per heavy atom. The van der Waals surface area contributed by atoms with Crippen LogP contribution in [0.3, 0.4) is 0 Å². The highest BCUT2D eigenvalue weighted by Gasteiger charge is 2.16. The third-order valence-electron chi connectivity index (χ3n) is 3.79. The van der Waals surface area contributed by atoms with Gasteiger partial charge in [-0.1, -0.05) is 23.5 Å². The minimum atomic E-state index is -0.597. The lowest BCUT2D eigenvalue weighted by molar-refractivity contribution is 0.102. The van der Waals surface area contributed by atoms with Gasteiger partial charge in [0.15, 0.2) is 5.13 Å². The maximum Gasteiger partial charge on any atom is 0.337 e. The maximum atomic E-state index is 12.7. The van der Waals surface area contributed by atoms with Crippen LogP contribution in [-0.4, -0.2) is 17.5 Å². The van der Waals surface area contributed by atoms with Crippen LogP contribution in [0.1, 0.15) is 17.3 Å². The normalized spacial score (nSPS) is 11.0. The smallest absolute Gasteiger partial charge is 0.337 e. The molecule has 0 aliphatic rings. The van der Waals surface area contributed by atoms with E-state index in [1.54, 1.807) is 18.2 Å². The topological polar surface area (TPSA) is 81.4 Å². The van der Waals surface area contributed by atoms with Gasteiger partial charge in [-0.25, -0.2) is 9.78 Å². The number of nitrogens with zero attached hydrogens (tertiary/aromatic N) is 1. The Balaban J connectivity index is 1.72. The van der Waals surface area contributed by atoms with Crippen molar-refractivity contribution in [1.82, 2.24) is 4.98 Å². The first kappa shape index (κ1) is 16.3. The first-order valence-electron chi connectivity index (χ1n) is 8.01. The fourth-order valence-electron chi connectivity index (χ4n) is 2.68. The van der Waals surface area contributed by atoms with E-state index >= 15 is 0 Å². The van der Waals surface area contributed by atoms with Crippen molar-refractivity contribution >= 4 is 43.6 Å². The van der Waals surface area contributed by atoms with Crippen LogP contribution in [-0.2, 0) is 0 Å². The number of aromatic nitrogens is 1. The van der Waals surface area contributed by atoms with Crippen LogP contribution >= 0.6 is 11.3 Å². The molecule has 0 unspecified atom stereocenters. The summed E-state index contributed by atoms with van der Waals surface area (Å²) in [5.41, 5.74) is 0.753. The van der Waals surface area contributed by atoms with Gasteiger partial charge in [-0.3, -0.25) is 10.1 Å². The van der Waals surface area contributed by atoms with Crippen molar-refractivity contribution in [3.63, 3.8) is 0 Å². The molecule has 0 aliphatic carbocycles. The maximum absolute atomic E-state index is 12.7. The van der Waals surface area contributed by atoms with Gasteiger partial charge in [-0.2, -0.15) is 0 Å². The lowest BCUT2D eigenvalue weighted by Gasteiger charge is -2.07. The Hall–Kier alpha value is -3.19. The van der Waals surface area contributed by atoms with E-state index in [-0.39, 0.29) is 5.56 Å². The van der Waals surface area contributed by atoms with E-state index in [1.807, 2.05) is 31.2 Å². The number of ether oxygens (including phenoxy) is 1. The molecule has 0 saturated heterocycles. The molecule has 4 aromatic rings. The lowest BCUT2D eigenvalue weighted by atomic mass is 10.1. The van der Waals surface area contributed by atoms with Crippen LogP contribution in [0.2, 0.25) is 0 Å². The molecule has 2 aromatic heterocycles. The Morgan fingerprint density at radius 3 is 2.88 bits per heavy atom. The quantitative estimate of drug-likeness (QED) is 0.551. The third-order valence-corrected chi connectivity index (χ3v) is 4.74. The standard InChI is InChI=1S/C19H14N2O4S/c1-2-24-11-7-8-12-13(10-17(22)25-15(12)9-11)18(23)21-19-20-14-5-3-4-6-16(14)26-19/h3-10H,2H2,1H3,(H,20,21,23). The van der Waals surface area contributed by atoms with Crippen molar-refractivity contribution in [1.29, 1.82) is 0 Å². The molecule has 130 valence electrons. The number of thiazole rings is 1. The van der Waals surface area contributed by atoms with Gasteiger partial charge in [0.05, 0.1) is 22.4 Å². The number of fused-ring (bicyclic) bond motifs is 2. The molecule has 0 aliphatic heterocycles. The minimum Gasteiger partial charge on any atom is -0.494 e. The summed E-state index contributed by atoms with van der Waals surface area (Å²) in [6.45, 7) is 2.36. The molecule has 26 heavy (non-hydrogen) atoms. The summed E-state index contributed by atoms with van der Waals surface area (Å²) in [4.78, 5) is 29.0. The highest BCUT2D eigenvalue weighted by atomic mass is 32.1. The molecule has 1 N–H and O–H groups in total. The zero-order valence-electron chi connectivity index (χ0n) is 13.8. The molecule has 0 spiro atoms. The molecule has 1 amide bonds. The number of anilines is 1. The van der Waals surface area contributed by atoms with E-state index in [2.05, 4.69) is 10.3 Å². The molecule has 0 saturated carbocycles. The van der Waals surface area contributed by atoms with E-state index < -0.39 is 11.5 Å². The second-order valence-electron chi connectivity index (χ2n) is 5.51. The number of hydrogen-bond donors (Lipinski definition) is 1. The first-order valence-corrected chi connectivity index (χ1v) is 8.83. The van der Waals surface area contributed by atoms with Crippen molar-refractivity contribution in [3.05, 3.63) is 64.5 Å². The molecule has 2 aromatic carbocycles. The van der Waals surface area contributed by atoms with Crippen LogP contribution < -0.4 is 15.7 Å². The molecule has 7 heteroatoms. The largest absolute Gasteiger partial charge is 0.494 e. The molecule has 0 atom stereocenters. The first-order chi connectivity index (χ1) is 12.6. The highest BCUT2D eigenvalue weighted by molar-refractivity contribution is 7.22. The molecular formula is C19H14N2O4S. The van der Waals surface area contributed by atoms with E-state index in [9.17, 15) is 9.59 Å². The average molecular weight is 366 g/mol. The molecule has 6 nitrogen and oxygen atoms in total. The number of amides is 1. The fraction of sp³-hybridized carbons (Fsp3) is 0.105. The monoisotopic (exact) mass is 366 g/mol. The Labute approximate surface area is 152 Å². The summed E-state index contributed by atoms with van der Waals surface area (Å²) < 4.78 is 11.6. The predicted molar refractivity (Wildman–Crippen MR) is 101 cm³/mol. The Kier molecular flexibility index (Phi) is 4.14. The van der Waals surface area contributed by atoms with Crippen molar-refractivity contribution in [2.24, 2.45) is 0 Å². The van der Waals surface area contributed by atoms with Gasteiger partial charge in [0.2, 0.25) is 0 Å². The van der Waals surface area contributed by atoms with Gasteiger partial charge in [-0.15, -0.1) is 0 Å². The zero-order chi connectivity index (χ0) is 18.1. The van der Waals surface area contributed by atoms with Crippen molar-refractivity contribution in [2.45, 2.75) is 6.92 Å². The highest BCUT2D eigenvalue weighted by Crippen LogP contribution is 2.27. The summed E-state index contributed by atoms with van der Waals surface area (Å²) in [5.74, 6) is 0.165. The summed E-state index contributed by atoms with van der Waals surface area (Å²) in [6, 6.07) is 13.8. The van der Waals surface area contributed by atoms with Crippen LogP contribution in [0.4, 0.5) is 5.13 Å². The lowest BCUT2D eigenvalue weighted by Crippen LogP contribution is -2.15. The van der Waals surface area contributed by atoms with Crippen molar-refractivity contribution < 1.29 is 13.9 Å². The van der Waals surface area contributed by atoms with Gasteiger partial charge in [0, 0.05) is 17.5 Å². The van der Waals surface area contributed by atoms with Crippen LogP contribution in [0, 0.1) is 0 Å². The van der Waals surface area contributed by atoms with Gasteiger partial charge in [0.25, 0.3) is 5.91 Å². The van der Waals surface area contributed by atoms with Crippen molar-refractivity contribution in [2.75, 3.05) is 11.9 Å². The van der Waals surface area contributed by atoms with E-state index in [0.717, 1.165) is 10.2 Å². The van der Waals surface area contributed by atoms with Gasteiger partial charge in [0.1, 0.15) is 11.3 Å². The van der Waals surface area contributed by atoms with Gasteiger partial charge in [-0.05, 0) is 31.2 Å². The number of nitrogens with one attached hydrogen (secondary N) is 1. The number of carbonyl (C=O) groups excluding carboxylic acids is 1. The fourth-order valence-corrected chi connectivity index (χ4v) is 3.54. The molecule has 2 heterocycles. The molecule has 0 bridgehead atoms. The second-order valence-corrected chi connectivity index (χ2v) is 6.54. The number of benzene rings is 2. The van der Waals surface area contributed by atoms with E-state index in [4.69, 9.17) is 9.15 Å². The SMILES string of the molecule is CCOc1ccc2c(C(=O)Nc3nc4ccccc4s3)cc(=O)oc2c1. The number of rotatable bonds is 4. The van der Waals surface area contributed by atoms with E-state index in [1.165, 1.54) is 17.4 Å². The number of hydrogen-bond acceptors (Lipinski definition) is 6. The molecule has 4 rings (SSSR count). The summed E-state index contributed by atoms with van der Waals surface area (Å²) in [5, 5.41) is 3.77. The Bertz CT molecular complexity index is 1150. The van der Waals surface area contributed by atoms with E-state index in [0.29, 0.717) is 28.5 Å². The predicted octanol–water partition coefficient (Wildman–Crippen LogP) is 4.05. The molecule has 0 radical (unpaired) electrons. The second kappa shape index (κ2) is 6.61.